The fraction of sp³-hybridized carbons (Fsp3) is 0.565. The highest BCUT2D eigenvalue weighted by Crippen LogP contribution is 2.50. The van der Waals surface area contributed by atoms with Crippen LogP contribution >= 0.6 is 11.6 Å². The lowest BCUT2D eigenvalue weighted by molar-refractivity contribution is 0.415. The van der Waals surface area contributed by atoms with E-state index in [0.29, 0.717) is 34.8 Å². The van der Waals surface area contributed by atoms with E-state index in [1.807, 2.05) is 26.0 Å². The molecule has 1 aliphatic carbocycles. The van der Waals surface area contributed by atoms with Gasteiger partial charge in [-0.2, -0.15) is 9.89 Å². The van der Waals surface area contributed by atoms with E-state index in [2.05, 4.69) is 27.5 Å². The van der Waals surface area contributed by atoms with E-state index in [0.717, 1.165) is 49.5 Å². The lowest BCUT2D eigenvalue weighted by Crippen LogP contribution is -2.43. The molecular weight excluding hydrogens is 446 g/mol. The number of rotatable bonds is 6. The first kappa shape index (κ1) is 21.9. The quantitative estimate of drug-likeness (QED) is 0.484. The zero-order chi connectivity index (χ0) is 22.5. The Morgan fingerprint density at radius 2 is 1.91 bits per heavy atom. The summed E-state index contributed by atoms with van der Waals surface area (Å²) in [5.74, 6) is 2.38. The lowest BCUT2D eigenvalue weighted by atomic mass is 9.89. The van der Waals surface area contributed by atoms with E-state index in [-0.39, 0.29) is 0 Å². The van der Waals surface area contributed by atoms with Crippen molar-refractivity contribution in [3.05, 3.63) is 45.5 Å². The molecule has 7 nitrogen and oxygen atoms in total. The minimum absolute atomic E-state index is 0.428. The Hall–Kier alpha value is -1.90. The number of fused-ring (bicyclic) bond motifs is 1. The van der Waals surface area contributed by atoms with Crippen molar-refractivity contribution in [3.8, 4) is 0 Å². The number of halogens is 1. The smallest absolute Gasteiger partial charge is 0.227 e. The molecule has 1 unspecified atom stereocenters. The lowest BCUT2D eigenvalue weighted by Gasteiger charge is -2.33. The summed E-state index contributed by atoms with van der Waals surface area (Å²) in [5, 5.41) is 7.62. The molecule has 1 N–H and O–H groups in total. The molecule has 9 heteroatoms. The highest BCUT2D eigenvalue weighted by Gasteiger charge is 2.57. The summed E-state index contributed by atoms with van der Waals surface area (Å²) in [5.41, 5.74) is 0.995. The van der Waals surface area contributed by atoms with Crippen molar-refractivity contribution in [3.63, 3.8) is 0 Å². The fourth-order valence-electron chi connectivity index (χ4n) is 4.89. The van der Waals surface area contributed by atoms with Crippen molar-refractivity contribution in [1.82, 2.24) is 9.97 Å². The van der Waals surface area contributed by atoms with Gasteiger partial charge >= 0.3 is 0 Å². The molecule has 1 aromatic heterocycles. The van der Waals surface area contributed by atoms with Crippen LogP contribution < -0.4 is 10.2 Å². The molecule has 3 aliphatic rings. The van der Waals surface area contributed by atoms with Gasteiger partial charge in [-0.1, -0.05) is 28.9 Å². The number of anilines is 2. The average molecular weight is 474 g/mol. The minimum atomic E-state index is -1.12. The molecule has 170 valence electrons. The van der Waals surface area contributed by atoms with Crippen LogP contribution in [0, 0.1) is 4.91 Å². The molecule has 0 bridgehead atoms. The third kappa shape index (κ3) is 3.86. The first-order chi connectivity index (χ1) is 15.3. The molecule has 1 aromatic carbocycles. The average Bonchev–Trinajstić information content (AvgIpc) is 3.50. The van der Waals surface area contributed by atoms with Gasteiger partial charge in [0.05, 0.1) is 5.54 Å². The van der Waals surface area contributed by atoms with Gasteiger partial charge < -0.3 is 14.8 Å². The van der Waals surface area contributed by atoms with Crippen molar-refractivity contribution < 1.29 is 4.55 Å². The van der Waals surface area contributed by atoms with Crippen LogP contribution in [0.3, 0.4) is 0 Å². The Kier molecular flexibility index (Phi) is 5.58. The Balaban J connectivity index is 1.38. The van der Waals surface area contributed by atoms with Gasteiger partial charge in [-0.15, -0.1) is 0 Å². The molecule has 3 heterocycles. The largest absolute Gasteiger partial charge is 0.611 e. The summed E-state index contributed by atoms with van der Waals surface area (Å²) >= 11 is 4.92. The number of piperidine rings is 1. The highest BCUT2D eigenvalue weighted by atomic mass is 35.5. The standard InChI is InChI=1S/C23H28ClN5O2S/c1-22(2,28-30)23(10-11-23)27-20-19-18(9-14-32(19)31)25-21(26-20)29-12-7-16(8-13-29)15-3-5-17(24)6-4-15/h3-6,16H,7-14H2,1-2H3,(H,25,26,27). The van der Waals surface area contributed by atoms with Gasteiger partial charge in [0.15, 0.2) is 5.82 Å². The second-order valence-electron chi connectivity index (χ2n) is 9.62. The predicted octanol–water partition coefficient (Wildman–Crippen LogP) is 4.67. The SMILES string of the molecule is CC(C)(N=O)C1(Nc2nc(N3CCC(c4ccc(Cl)cc4)CC3)nc3c2[S+]([O-])CC3)CC1. The number of benzene rings is 1. The number of nitrogens with one attached hydrogen (secondary N) is 1. The maximum absolute atomic E-state index is 12.7. The summed E-state index contributed by atoms with van der Waals surface area (Å²) in [7, 11) is 0. The molecule has 2 aliphatic heterocycles. The van der Waals surface area contributed by atoms with Gasteiger partial charge in [-0.25, -0.2) is 4.98 Å². The molecule has 2 aromatic rings. The number of aromatic nitrogens is 2. The first-order valence-electron chi connectivity index (χ1n) is 11.2. The minimum Gasteiger partial charge on any atom is -0.611 e. The number of hydrogen-bond donors (Lipinski definition) is 1. The van der Waals surface area contributed by atoms with Crippen molar-refractivity contribution in [2.45, 2.75) is 67.8 Å². The predicted molar refractivity (Wildman–Crippen MR) is 128 cm³/mol. The second-order valence-corrected chi connectivity index (χ2v) is 11.6. The molecule has 2 fully saturated rings. The van der Waals surface area contributed by atoms with Crippen LogP contribution in [0.25, 0.3) is 0 Å². The van der Waals surface area contributed by atoms with Crippen LogP contribution in [0.1, 0.15) is 56.7 Å². The Morgan fingerprint density at radius 3 is 2.53 bits per heavy atom. The van der Waals surface area contributed by atoms with Gasteiger partial charge in [0.2, 0.25) is 10.8 Å². The maximum Gasteiger partial charge on any atom is 0.227 e. The van der Waals surface area contributed by atoms with Crippen LogP contribution in [0.2, 0.25) is 5.02 Å². The van der Waals surface area contributed by atoms with Crippen molar-refractivity contribution >= 4 is 34.5 Å². The first-order valence-corrected chi connectivity index (χ1v) is 12.9. The van der Waals surface area contributed by atoms with E-state index in [9.17, 15) is 9.46 Å². The van der Waals surface area contributed by atoms with E-state index in [4.69, 9.17) is 21.6 Å². The molecule has 1 saturated heterocycles. The van der Waals surface area contributed by atoms with Crippen molar-refractivity contribution in [1.29, 1.82) is 0 Å². The third-order valence-corrected chi connectivity index (χ3v) is 9.01. The molecule has 0 spiro atoms. The van der Waals surface area contributed by atoms with Crippen molar-refractivity contribution in [2.24, 2.45) is 5.18 Å². The Morgan fingerprint density at radius 1 is 1.22 bits per heavy atom. The van der Waals surface area contributed by atoms with E-state index >= 15 is 0 Å². The van der Waals surface area contributed by atoms with Crippen molar-refractivity contribution in [2.75, 3.05) is 29.1 Å². The molecular formula is C23H28ClN5O2S. The molecule has 0 amide bonds. The topological polar surface area (TPSA) is 93.5 Å². The third-order valence-electron chi connectivity index (χ3n) is 7.30. The van der Waals surface area contributed by atoms with E-state index in [1.54, 1.807) is 0 Å². The van der Waals surface area contributed by atoms with Gasteiger partial charge in [-0.05, 0) is 74.3 Å². The van der Waals surface area contributed by atoms with Gasteiger partial charge in [0, 0.05) is 24.5 Å². The van der Waals surface area contributed by atoms with Crippen LogP contribution in [0.4, 0.5) is 11.8 Å². The summed E-state index contributed by atoms with van der Waals surface area (Å²) in [4.78, 5) is 24.1. The number of hydrogen-bond acceptors (Lipinski definition) is 7. The summed E-state index contributed by atoms with van der Waals surface area (Å²) in [6.07, 6.45) is 4.42. The molecule has 0 radical (unpaired) electrons. The second kappa shape index (κ2) is 8.15. The van der Waals surface area contributed by atoms with Crippen LogP contribution in [0.15, 0.2) is 34.3 Å². The van der Waals surface area contributed by atoms with E-state index < -0.39 is 22.3 Å². The van der Waals surface area contributed by atoms with E-state index in [1.165, 1.54) is 5.56 Å². The van der Waals surface area contributed by atoms with Crippen LogP contribution in [0.5, 0.6) is 0 Å². The highest BCUT2D eigenvalue weighted by molar-refractivity contribution is 7.91. The zero-order valence-corrected chi connectivity index (χ0v) is 20.0. The summed E-state index contributed by atoms with van der Waals surface area (Å²) < 4.78 is 12.7. The van der Waals surface area contributed by atoms with Gasteiger partial charge in [0.25, 0.3) is 0 Å². The summed E-state index contributed by atoms with van der Waals surface area (Å²) in [6.45, 7) is 5.42. The normalized spacial score (nSPS) is 22.5. The molecule has 5 rings (SSSR count). The maximum atomic E-state index is 12.7. The number of aryl methyl sites for hydroxylation is 1. The van der Waals surface area contributed by atoms with Gasteiger partial charge in [0.1, 0.15) is 17.0 Å². The monoisotopic (exact) mass is 473 g/mol. The molecule has 32 heavy (non-hydrogen) atoms. The Labute approximate surface area is 196 Å². The van der Waals surface area contributed by atoms with Crippen LogP contribution in [-0.4, -0.2) is 44.4 Å². The zero-order valence-electron chi connectivity index (χ0n) is 18.4. The summed E-state index contributed by atoms with van der Waals surface area (Å²) in [6, 6.07) is 8.14. The fourth-order valence-corrected chi connectivity index (χ4v) is 6.32. The van der Waals surface area contributed by atoms with Crippen LogP contribution in [-0.2, 0) is 17.6 Å². The number of nitrogens with zero attached hydrogens (tertiary/aromatic N) is 4. The number of nitroso groups, excluding NO2 is 1. The molecule has 1 atom stereocenters. The van der Waals surface area contributed by atoms with Gasteiger partial charge in [-0.3, -0.25) is 0 Å². The Bertz CT molecular complexity index is 1020. The molecule has 1 saturated carbocycles.